The molecule has 0 radical (unpaired) electrons. The number of nitrogens with one attached hydrogen (secondary N) is 1. The summed E-state index contributed by atoms with van der Waals surface area (Å²) >= 11 is 3.32. The lowest BCUT2D eigenvalue weighted by Gasteiger charge is -2.12. The Morgan fingerprint density at radius 3 is 2.69 bits per heavy atom. The van der Waals surface area contributed by atoms with E-state index >= 15 is 0 Å². The van der Waals surface area contributed by atoms with E-state index in [1.807, 2.05) is 25.1 Å². The first kappa shape index (κ1) is 13.4. The number of rotatable bonds is 4. The first-order chi connectivity index (χ1) is 7.50. The van der Waals surface area contributed by atoms with Crippen molar-refractivity contribution in [2.75, 3.05) is 12.0 Å². The van der Waals surface area contributed by atoms with Crippen LogP contribution in [0.4, 0.5) is 0 Å². The zero-order chi connectivity index (χ0) is 12.1. The molecule has 88 valence electrons. The molecule has 1 N–H and O–H groups in total. The Labute approximate surface area is 106 Å². The molecule has 0 aliphatic carbocycles. The van der Waals surface area contributed by atoms with Crippen LogP contribution < -0.4 is 5.32 Å². The highest BCUT2D eigenvalue weighted by atomic mass is 79.9. The van der Waals surface area contributed by atoms with Crippen LogP contribution in [0, 0.1) is 0 Å². The van der Waals surface area contributed by atoms with Crippen LogP contribution in [0.2, 0.25) is 0 Å². The number of halogens is 1. The van der Waals surface area contributed by atoms with Crippen LogP contribution in [0.5, 0.6) is 0 Å². The number of amides is 1. The Balaban J connectivity index is 2.66. The van der Waals surface area contributed by atoms with E-state index in [0.717, 1.165) is 4.47 Å². The Morgan fingerprint density at radius 1 is 1.50 bits per heavy atom. The largest absolute Gasteiger partial charge is 0.349 e. The van der Waals surface area contributed by atoms with Crippen molar-refractivity contribution in [1.82, 2.24) is 5.32 Å². The SMILES string of the molecule is CC(CS(C)=O)NC(=O)c1ccccc1Br. The van der Waals surface area contributed by atoms with Gasteiger partial charge in [0, 0.05) is 33.3 Å². The number of carbonyl (C=O) groups excluding carboxylic acids is 1. The van der Waals surface area contributed by atoms with Crippen LogP contribution in [-0.4, -0.2) is 28.2 Å². The van der Waals surface area contributed by atoms with E-state index in [1.165, 1.54) is 0 Å². The summed E-state index contributed by atoms with van der Waals surface area (Å²) < 4.78 is 11.8. The van der Waals surface area contributed by atoms with Crippen molar-refractivity contribution in [2.24, 2.45) is 0 Å². The van der Waals surface area contributed by atoms with Gasteiger partial charge < -0.3 is 5.32 Å². The third-order valence-corrected chi connectivity index (χ3v) is 3.64. The predicted molar refractivity (Wildman–Crippen MR) is 70.0 cm³/mol. The van der Waals surface area contributed by atoms with Gasteiger partial charge in [0.05, 0.1) is 5.56 Å². The van der Waals surface area contributed by atoms with E-state index in [0.29, 0.717) is 11.3 Å². The maximum atomic E-state index is 11.8. The zero-order valence-electron chi connectivity index (χ0n) is 9.20. The molecule has 5 heteroatoms. The van der Waals surface area contributed by atoms with Gasteiger partial charge >= 0.3 is 0 Å². The second kappa shape index (κ2) is 6.15. The summed E-state index contributed by atoms with van der Waals surface area (Å²) in [6.45, 7) is 1.84. The molecule has 1 aromatic rings. The van der Waals surface area contributed by atoms with Gasteiger partial charge in [0.15, 0.2) is 0 Å². The van der Waals surface area contributed by atoms with Crippen LogP contribution in [0.15, 0.2) is 28.7 Å². The summed E-state index contributed by atoms with van der Waals surface area (Å²) in [5.74, 6) is 0.321. The molecule has 0 saturated heterocycles. The fourth-order valence-electron chi connectivity index (χ4n) is 1.34. The summed E-state index contributed by atoms with van der Waals surface area (Å²) in [5, 5.41) is 2.81. The summed E-state index contributed by atoms with van der Waals surface area (Å²) in [6, 6.07) is 7.13. The molecule has 2 atom stereocenters. The molecule has 0 aromatic heterocycles. The van der Waals surface area contributed by atoms with Crippen LogP contribution in [0.1, 0.15) is 17.3 Å². The number of benzene rings is 1. The molecule has 3 nitrogen and oxygen atoms in total. The fraction of sp³-hybridized carbons (Fsp3) is 0.364. The maximum Gasteiger partial charge on any atom is 0.252 e. The fourth-order valence-corrected chi connectivity index (χ4v) is 2.59. The minimum atomic E-state index is -0.900. The zero-order valence-corrected chi connectivity index (χ0v) is 11.6. The van der Waals surface area contributed by atoms with Crippen molar-refractivity contribution in [1.29, 1.82) is 0 Å². The van der Waals surface area contributed by atoms with Gasteiger partial charge in [-0.1, -0.05) is 12.1 Å². The van der Waals surface area contributed by atoms with Gasteiger partial charge in [0.1, 0.15) is 0 Å². The molecule has 1 rings (SSSR count). The molecule has 0 spiro atoms. The molecule has 1 amide bonds. The summed E-state index contributed by atoms with van der Waals surface area (Å²) in [7, 11) is -0.900. The molecular weight excluding hydrogens is 290 g/mol. The minimum absolute atomic E-state index is 0.0922. The van der Waals surface area contributed by atoms with E-state index in [1.54, 1.807) is 12.3 Å². The van der Waals surface area contributed by atoms with Gasteiger partial charge in [-0.15, -0.1) is 0 Å². The predicted octanol–water partition coefficient (Wildman–Crippen LogP) is 1.95. The molecule has 0 aliphatic rings. The molecule has 0 heterocycles. The molecule has 2 unspecified atom stereocenters. The van der Waals surface area contributed by atoms with Gasteiger partial charge in [-0.05, 0) is 35.0 Å². The summed E-state index contributed by atoms with van der Waals surface area (Å²) in [6.07, 6.45) is 1.63. The second-order valence-electron chi connectivity index (χ2n) is 3.59. The average Bonchev–Trinajstić information content (AvgIpc) is 2.16. The molecule has 1 aromatic carbocycles. The summed E-state index contributed by atoms with van der Waals surface area (Å²) in [5.41, 5.74) is 0.594. The maximum absolute atomic E-state index is 11.8. The van der Waals surface area contributed by atoms with Crippen LogP contribution in [0.25, 0.3) is 0 Å². The van der Waals surface area contributed by atoms with E-state index < -0.39 is 10.8 Å². The van der Waals surface area contributed by atoms with Gasteiger partial charge in [-0.3, -0.25) is 9.00 Å². The lowest BCUT2D eigenvalue weighted by atomic mass is 10.2. The topological polar surface area (TPSA) is 46.2 Å². The first-order valence-electron chi connectivity index (χ1n) is 4.86. The third-order valence-electron chi connectivity index (χ3n) is 1.98. The number of hydrogen-bond acceptors (Lipinski definition) is 2. The Bertz CT molecular complexity index is 409. The number of carbonyl (C=O) groups is 1. The smallest absolute Gasteiger partial charge is 0.252 e. The molecule has 0 saturated carbocycles. The van der Waals surface area contributed by atoms with Crippen LogP contribution >= 0.6 is 15.9 Å². The van der Waals surface area contributed by atoms with Crippen molar-refractivity contribution in [3.05, 3.63) is 34.3 Å². The normalized spacial score (nSPS) is 14.2. The van der Waals surface area contributed by atoms with E-state index in [9.17, 15) is 9.00 Å². The molecular formula is C11H14BrNO2S. The van der Waals surface area contributed by atoms with Gasteiger partial charge in [0.2, 0.25) is 0 Å². The van der Waals surface area contributed by atoms with Gasteiger partial charge in [-0.2, -0.15) is 0 Å². The van der Waals surface area contributed by atoms with E-state index in [4.69, 9.17) is 0 Å². The highest BCUT2D eigenvalue weighted by Gasteiger charge is 2.12. The molecule has 0 fully saturated rings. The lowest BCUT2D eigenvalue weighted by molar-refractivity contribution is 0.0943. The van der Waals surface area contributed by atoms with Crippen molar-refractivity contribution < 1.29 is 9.00 Å². The van der Waals surface area contributed by atoms with Crippen molar-refractivity contribution >= 4 is 32.6 Å². The number of hydrogen-bond donors (Lipinski definition) is 1. The standard InChI is InChI=1S/C11H14BrNO2S/c1-8(7-16(2)15)13-11(14)9-5-3-4-6-10(9)12/h3-6,8H,7H2,1-2H3,(H,13,14). The molecule has 0 bridgehead atoms. The van der Waals surface area contributed by atoms with Crippen LogP contribution in [-0.2, 0) is 10.8 Å². The highest BCUT2D eigenvalue weighted by molar-refractivity contribution is 9.10. The lowest BCUT2D eigenvalue weighted by Crippen LogP contribution is -2.36. The van der Waals surface area contributed by atoms with Crippen LogP contribution in [0.3, 0.4) is 0 Å². The molecule has 16 heavy (non-hydrogen) atoms. The quantitative estimate of drug-likeness (QED) is 0.924. The third kappa shape index (κ3) is 4.06. The van der Waals surface area contributed by atoms with Crippen molar-refractivity contribution in [3.63, 3.8) is 0 Å². The average molecular weight is 304 g/mol. The Kier molecular flexibility index (Phi) is 5.15. The molecule has 0 aliphatic heterocycles. The monoisotopic (exact) mass is 303 g/mol. The van der Waals surface area contributed by atoms with E-state index in [-0.39, 0.29) is 11.9 Å². The minimum Gasteiger partial charge on any atom is -0.349 e. The van der Waals surface area contributed by atoms with Crippen molar-refractivity contribution in [3.8, 4) is 0 Å². The van der Waals surface area contributed by atoms with Gasteiger partial charge in [0.25, 0.3) is 5.91 Å². The highest BCUT2D eigenvalue weighted by Crippen LogP contribution is 2.15. The van der Waals surface area contributed by atoms with Gasteiger partial charge in [-0.25, -0.2) is 0 Å². The second-order valence-corrected chi connectivity index (χ2v) is 5.93. The Hall–Kier alpha value is -0.680. The summed E-state index contributed by atoms with van der Waals surface area (Å²) in [4.78, 5) is 11.8. The van der Waals surface area contributed by atoms with E-state index in [2.05, 4.69) is 21.2 Å². The van der Waals surface area contributed by atoms with Crippen molar-refractivity contribution in [2.45, 2.75) is 13.0 Å². The first-order valence-corrected chi connectivity index (χ1v) is 7.38. The Morgan fingerprint density at radius 2 is 2.12 bits per heavy atom.